The Kier molecular flexibility index (Phi) is 3.72. The van der Waals surface area contributed by atoms with Crippen molar-refractivity contribution in [2.75, 3.05) is 0 Å². The molecule has 0 amide bonds. The Morgan fingerprint density at radius 3 is 2.91 bits per heavy atom. The van der Waals surface area contributed by atoms with E-state index in [1.54, 1.807) is 5.30 Å². The summed E-state index contributed by atoms with van der Waals surface area (Å²) in [6, 6.07) is 4.48. The van der Waals surface area contributed by atoms with Gasteiger partial charge in [0.15, 0.2) is 0 Å². The molecule has 0 nitrogen and oxygen atoms in total. The first-order valence-electron chi connectivity index (χ1n) is 4.48. The average Bonchev–Trinajstić information content (AvgIpc) is 2.52. The highest BCUT2D eigenvalue weighted by atomic mass is 31.0. The maximum atomic E-state index is 2.35. The van der Waals surface area contributed by atoms with E-state index in [2.05, 4.69) is 31.8 Å². The van der Waals surface area contributed by atoms with E-state index in [1.165, 1.54) is 19.3 Å². The summed E-state index contributed by atoms with van der Waals surface area (Å²) < 4.78 is 0. The Bertz CT molecular complexity index is 177. The van der Waals surface area contributed by atoms with Crippen molar-refractivity contribution in [3.63, 3.8) is 0 Å². The van der Waals surface area contributed by atoms with Crippen molar-refractivity contribution in [3.05, 3.63) is 23.2 Å². The fraction of sp³-hybridized carbons (Fsp3) is 0.600. The van der Waals surface area contributed by atoms with E-state index in [9.17, 15) is 0 Å². The highest BCUT2D eigenvalue weighted by Gasteiger charge is 2.03. The molecule has 1 aromatic heterocycles. The van der Waals surface area contributed by atoms with E-state index in [-0.39, 0.29) is 0 Å². The van der Waals surface area contributed by atoms with E-state index >= 15 is 0 Å². The topological polar surface area (TPSA) is 0 Å². The molecule has 1 heteroatoms. The lowest BCUT2D eigenvalue weighted by Gasteiger charge is -2.07. The van der Waals surface area contributed by atoms with Gasteiger partial charge in [-0.25, -0.2) is 0 Å². The molecule has 0 bridgehead atoms. The highest BCUT2D eigenvalue weighted by molar-refractivity contribution is 7.30. The lowest BCUT2D eigenvalue weighted by Crippen LogP contribution is -1.88. The van der Waals surface area contributed by atoms with Crippen molar-refractivity contribution < 1.29 is 0 Å². The first-order chi connectivity index (χ1) is 5.34. The first kappa shape index (κ1) is 8.87. The Morgan fingerprint density at radius 1 is 1.55 bits per heavy atom. The van der Waals surface area contributed by atoms with Crippen molar-refractivity contribution in [1.82, 2.24) is 0 Å². The molecular weight excluding hydrogens is 151 g/mol. The average molecular weight is 168 g/mol. The van der Waals surface area contributed by atoms with Crippen molar-refractivity contribution >= 4 is 8.19 Å². The summed E-state index contributed by atoms with van der Waals surface area (Å²) in [5, 5.41) is 1.65. The molecule has 2 unspecified atom stereocenters. The molecule has 0 aliphatic rings. The summed E-state index contributed by atoms with van der Waals surface area (Å²) in [6.45, 7) is 4.61. The van der Waals surface area contributed by atoms with Gasteiger partial charge >= 0.3 is 0 Å². The molecular formula is C10H17P. The molecule has 0 aliphatic carbocycles. The Hall–Kier alpha value is -0.220. The number of hydrogen-bond donors (Lipinski definition) is 0. The third-order valence-electron chi connectivity index (χ3n) is 2.14. The van der Waals surface area contributed by atoms with Crippen molar-refractivity contribution in [3.8, 4) is 0 Å². The Labute approximate surface area is 71.1 Å². The van der Waals surface area contributed by atoms with E-state index in [1.807, 2.05) is 0 Å². The van der Waals surface area contributed by atoms with Gasteiger partial charge in [0.25, 0.3) is 0 Å². The fourth-order valence-corrected chi connectivity index (χ4v) is 2.32. The van der Waals surface area contributed by atoms with Crippen LogP contribution in [0.3, 0.4) is 0 Å². The molecule has 0 aliphatic heterocycles. The van der Waals surface area contributed by atoms with Crippen LogP contribution in [-0.4, -0.2) is 0 Å². The molecule has 0 spiro atoms. The number of hydrogen-bond acceptors (Lipinski definition) is 0. The van der Waals surface area contributed by atoms with Crippen molar-refractivity contribution in [1.29, 1.82) is 0 Å². The molecule has 0 N–H and O–H groups in total. The minimum absolute atomic E-state index is 0.822. The van der Waals surface area contributed by atoms with Crippen molar-refractivity contribution in [2.45, 2.75) is 39.0 Å². The summed E-state index contributed by atoms with van der Waals surface area (Å²) in [7, 11) is 0.972. The second kappa shape index (κ2) is 4.62. The maximum Gasteiger partial charge on any atom is -0.0155 e. The second-order valence-electron chi connectivity index (χ2n) is 3.17. The normalized spacial score (nSPS) is 14.0. The smallest absolute Gasteiger partial charge is 0.0155 e. The molecule has 0 aromatic carbocycles. The summed E-state index contributed by atoms with van der Waals surface area (Å²) in [5.41, 5.74) is 0. The van der Waals surface area contributed by atoms with Gasteiger partial charge in [-0.3, -0.25) is 0 Å². The van der Waals surface area contributed by atoms with E-state index < -0.39 is 0 Å². The molecule has 1 aromatic rings. The highest BCUT2D eigenvalue weighted by Crippen LogP contribution is 2.28. The van der Waals surface area contributed by atoms with Gasteiger partial charge in [0.2, 0.25) is 0 Å². The predicted octanol–water partition coefficient (Wildman–Crippen LogP) is 4.01. The molecule has 2 atom stereocenters. The first-order valence-corrected chi connectivity index (χ1v) is 5.55. The van der Waals surface area contributed by atoms with Gasteiger partial charge in [-0.2, -0.15) is 0 Å². The quantitative estimate of drug-likeness (QED) is 0.637. The lowest BCUT2D eigenvalue weighted by molar-refractivity contribution is 0.632. The third-order valence-corrected chi connectivity index (χ3v) is 3.50. The van der Waals surface area contributed by atoms with E-state index in [0.717, 1.165) is 14.1 Å². The zero-order chi connectivity index (χ0) is 8.10. The van der Waals surface area contributed by atoms with Gasteiger partial charge in [0, 0.05) is 0 Å². The lowest BCUT2D eigenvalue weighted by atomic mass is 10.0. The van der Waals surface area contributed by atoms with Crippen LogP contribution in [0, 0.1) is 0 Å². The largest absolute Gasteiger partial charge is 0.136 e. The van der Waals surface area contributed by atoms with Crippen LogP contribution in [0.1, 0.15) is 44.3 Å². The molecule has 1 heterocycles. The minimum Gasteiger partial charge on any atom is -0.136 e. The minimum atomic E-state index is 0.822. The standard InChI is InChI=1S/C10H17P/c1-3-4-6-9(2)10-7-5-8-11-10/h5,7-9,11H,3-4,6H2,1-2H3. The predicted molar refractivity (Wildman–Crippen MR) is 53.9 cm³/mol. The van der Waals surface area contributed by atoms with Crippen LogP contribution >= 0.6 is 8.19 Å². The van der Waals surface area contributed by atoms with Crippen LogP contribution in [-0.2, 0) is 0 Å². The third kappa shape index (κ3) is 2.71. The van der Waals surface area contributed by atoms with Crippen LogP contribution in [0.5, 0.6) is 0 Å². The van der Waals surface area contributed by atoms with E-state index in [0.29, 0.717) is 0 Å². The summed E-state index contributed by atoms with van der Waals surface area (Å²) in [4.78, 5) is 0. The van der Waals surface area contributed by atoms with Gasteiger partial charge in [-0.15, -0.1) is 8.19 Å². The van der Waals surface area contributed by atoms with Crippen LogP contribution in [0.4, 0.5) is 0 Å². The summed E-state index contributed by atoms with van der Waals surface area (Å²) in [6.07, 6.45) is 4.08. The van der Waals surface area contributed by atoms with Crippen LogP contribution in [0.15, 0.2) is 17.9 Å². The second-order valence-corrected chi connectivity index (χ2v) is 4.37. The fourth-order valence-electron chi connectivity index (χ4n) is 1.32. The molecule has 0 radical (unpaired) electrons. The molecule has 0 fully saturated rings. The molecule has 62 valence electrons. The number of unbranched alkanes of at least 4 members (excludes halogenated alkanes) is 1. The maximum absolute atomic E-state index is 2.35. The van der Waals surface area contributed by atoms with Crippen LogP contribution in [0.2, 0.25) is 0 Å². The van der Waals surface area contributed by atoms with Gasteiger partial charge in [0.1, 0.15) is 0 Å². The van der Waals surface area contributed by atoms with Crippen LogP contribution in [0.25, 0.3) is 0 Å². The Balaban J connectivity index is 2.36. The van der Waals surface area contributed by atoms with Gasteiger partial charge in [-0.05, 0) is 23.4 Å². The molecule has 0 saturated heterocycles. The summed E-state index contributed by atoms with van der Waals surface area (Å²) >= 11 is 0. The van der Waals surface area contributed by atoms with Gasteiger partial charge in [-0.1, -0.05) is 38.8 Å². The zero-order valence-electron chi connectivity index (χ0n) is 7.43. The summed E-state index contributed by atoms with van der Waals surface area (Å²) in [5.74, 6) is 3.10. The van der Waals surface area contributed by atoms with Crippen molar-refractivity contribution in [2.24, 2.45) is 0 Å². The van der Waals surface area contributed by atoms with Gasteiger partial charge < -0.3 is 0 Å². The Morgan fingerprint density at radius 2 is 2.36 bits per heavy atom. The zero-order valence-corrected chi connectivity index (χ0v) is 8.43. The van der Waals surface area contributed by atoms with Crippen LogP contribution < -0.4 is 0 Å². The molecule has 0 saturated carbocycles. The van der Waals surface area contributed by atoms with Gasteiger partial charge in [0.05, 0.1) is 0 Å². The number of rotatable bonds is 4. The molecule has 1 rings (SSSR count). The monoisotopic (exact) mass is 168 g/mol. The SMILES string of the molecule is CCCCC(C)c1ccc[pH]1. The molecule has 11 heavy (non-hydrogen) atoms. The van der Waals surface area contributed by atoms with E-state index in [4.69, 9.17) is 0 Å².